The molecule has 1 amide bonds. The molecule has 94 valence electrons. The Hall–Kier alpha value is -0.140. The fourth-order valence-electron chi connectivity index (χ4n) is 2.19. The van der Waals surface area contributed by atoms with E-state index in [1.807, 2.05) is 16.3 Å². The molecule has 0 aromatic carbocycles. The highest BCUT2D eigenvalue weighted by molar-refractivity contribution is 14.1. The topological polar surface area (TPSA) is 23.6 Å². The van der Waals surface area contributed by atoms with Gasteiger partial charge in [0.15, 0.2) is 0 Å². The van der Waals surface area contributed by atoms with Gasteiger partial charge in [-0.15, -0.1) is 11.3 Å². The Morgan fingerprint density at radius 3 is 2.59 bits per heavy atom. The third kappa shape index (κ3) is 3.20. The second-order valence-corrected chi connectivity index (χ2v) is 7.43. The Kier molecular flexibility index (Phi) is 4.43. The summed E-state index contributed by atoms with van der Waals surface area (Å²) in [5.41, 5.74) is 0.850. The van der Waals surface area contributed by atoms with Gasteiger partial charge in [0, 0.05) is 24.5 Å². The fraction of sp³-hybridized carbons (Fsp3) is 0.583. The molecule has 0 bridgehead atoms. The summed E-state index contributed by atoms with van der Waals surface area (Å²) in [7, 11) is 4.23. The number of thiophene rings is 1. The normalized spacial score (nSPS) is 17.8. The molecule has 0 radical (unpaired) electrons. The minimum absolute atomic E-state index is 0.196. The lowest BCUT2D eigenvalue weighted by atomic mass is 10.0. The Bertz CT molecular complexity index is 397. The van der Waals surface area contributed by atoms with E-state index in [4.69, 9.17) is 0 Å². The first-order valence-electron chi connectivity index (χ1n) is 5.77. The lowest BCUT2D eigenvalue weighted by Crippen LogP contribution is -2.44. The molecular formula is C12H17IN2OS. The van der Waals surface area contributed by atoms with Crippen molar-refractivity contribution in [2.24, 2.45) is 0 Å². The number of halogens is 1. The van der Waals surface area contributed by atoms with Crippen LogP contribution in [-0.2, 0) is 0 Å². The van der Waals surface area contributed by atoms with E-state index in [0.29, 0.717) is 6.04 Å². The summed E-state index contributed by atoms with van der Waals surface area (Å²) in [5, 5.41) is 1.96. The summed E-state index contributed by atoms with van der Waals surface area (Å²) in [6.07, 6.45) is 2.17. The molecule has 0 aliphatic carbocycles. The van der Waals surface area contributed by atoms with E-state index in [0.717, 1.165) is 31.5 Å². The van der Waals surface area contributed by atoms with Crippen molar-refractivity contribution in [3.8, 4) is 0 Å². The van der Waals surface area contributed by atoms with E-state index < -0.39 is 0 Å². The van der Waals surface area contributed by atoms with Gasteiger partial charge >= 0.3 is 0 Å². The van der Waals surface area contributed by atoms with Crippen LogP contribution in [0.3, 0.4) is 0 Å². The Labute approximate surface area is 120 Å². The molecule has 17 heavy (non-hydrogen) atoms. The maximum Gasteiger partial charge on any atom is 0.254 e. The summed E-state index contributed by atoms with van der Waals surface area (Å²) < 4.78 is 1.18. The molecule has 3 nitrogen and oxygen atoms in total. The van der Waals surface area contributed by atoms with Crippen LogP contribution in [0.25, 0.3) is 0 Å². The lowest BCUT2D eigenvalue weighted by Gasteiger charge is -2.35. The molecular weight excluding hydrogens is 347 g/mol. The highest BCUT2D eigenvalue weighted by Gasteiger charge is 2.24. The first-order chi connectivity index (χ1) is 8.08. The number of likely N-dealkylation sites (tertiary alicyclic amines) is 1. The maximum atomic E-state index is 12.2. The predicted octanol–water partition coefficient (Wildman–Crippen LogP) is 2.52. The van der Waals surface area contributed by atoms with Crippen molar-refractivity contribution in [2.45, 2.75) is 18.9 Å². The zero-order valence-corrected chi connectivity index (χ0v) is 13.1. The minimum atomic E-state index is 0.196. The number of rotatable bonds is 2. The zero-order chi connectivity index (χ0) is 12.4. The monoisotopic (exact) mass is 364 g/mol. The highest BCUT2D eigenvalue weighted by Crippen LogP contribution is 2.21. The first kappa shape index (κ1) is 13.3. The minimum Gasteiger partial charge on any atom is -0.339 e. The van der Waals surface area contributed by atoms with Crippen LogP contribution in [0.1, 0.15) is 23.2 Å². The van der Waals surface area contributed by atoms with Crippen LogP contribution >= 0.6 is 33.9 Å². The van der Waals surface area contributed by atoms with E-state index >= 15 is 0 Å². The highest BCUT2D eigenvalue weighted by atomic mass is 127. The van der Waals surface area contributed by atoms with Crippen molar-refractivity contribution < 1.29 is 4.79 Å². The quantitative estimate of drug-likeness (QED) is 0.753. The van der Waals surface area contributed by atoms with Crippen molar-refractivity contribution in [3.05, 3.63) is 19.9 Å². The number of piperidine rings is 1. The number of carbonyl (C=O) groups excluding carboxylic acids is 1. The van der Waals surface area contributed by atoms with Crippen LogP contribution in [0.5, 0.6) is 0 Å². The van der Waals surface area contributed by atoms with Gasteiger partial charge in [-0.2, -0.15) is 0 Å². The molecule has 0 N–H and O–H groups in total. The lowest BCUT2D eigenvalue weighted by molar-refractivity contribution is 0.0664. The molecule has 0 spiro atoms. The van der Waals surface area contributed by atoms with Gasteiger partial charge in [0.1, 0.15) is 0 Å². The van der Waals surface area contributed by atoms with E-state index in [9.17, 15) is 4.79 Å². The van der Waals surface area contributed by atoms with Gasteiger partial charge in [0.25, 0.3) is 5.91 Å². The molecule has 1 aliphatic heterocycles. The second-order valence-electron chi connectivity index (χ2n) is 4.63. The molecule has 2 rings (SSSR count). The van der Waals surface area contributed by atoms with Crippen LogP contribution in [0.15, 0.2) is 11.4 Å². The average Bonchev–Trinajstić information content (AvgIpc) is 2.75. The first-order valence-corrected chi connectivity index (χ1v) is 7.73. The SMILES string of the molecule is CN(C)C1CCN(C(=O)c2csc(I)c2)CC1. The third-order valence-corrected chi connectivity index (χ3v) is 5.09. The number of carbonyl (C=O) groups is 1. The average molecular weight is 364 g/mol. The van der Waals surface area contributed by atoms with Gasteiger partial charge in [-0.05, 0) is 55.6 Å². The third-order valence-electron chi connectivity index (χ3n) is 3.30. The van der Waals surface area contributed by atoms with Gasteiger partial charge < -0.3 is 9.80 Å². The van der Waals surface area contributed by atoms with Crippen molar-refractivity contribution in [2.75, 3.05) is 27.2 Å². The van der Waals surface area contributed by atoms with Gasteiger partial charge in [-0.1, -0.05) is 0 Å². The summed E-state index contributed by atoms with van der Waals surface area (Å²) in [5.74, 6) is 0.196. The van der Waals surface area contributed by atoms with Crippen LogP contribution in [0, 0.1) is 2.88 Å². The van der Waals surface area contributed by atoms with Gasteiger partial charge in [0.05, 0.1) is 8.45 Å². The molecule has 2 heterocycles. The van der Waals surface area contributed by atoms with E-state index in [1.54, 1.807) is 11.3 Å². The van der Waals surface area contributed by atoms with Crippen molar-refractivity contribution in [1.82, 2.24) is 9.80 Å². The Morgan fingerprint density at radius 2 is 2.12 bits per heavy atom. The Balaban J connectivity index is 1.95. The van der Waals surface area contributed by atoms with Crippen LogP contribution in [-0.4, -0.2) is 48.9 Å². The molecule has 0 saturated carbocycles. The molecule has 1 aliphatic rings. The molecule has 1 fully saturated rings. The fourth-order valence-corrected chi connectivity index (χ4v) is 3.51. The summed E-state index contributed by atoms with van der Waals surface area (Å²) in [4.78, 5) is 16.4. The largest absolute Gasteiger partial charge is 0.339 e. The standard InChI is InChI=1S/C12H17IN2OS/c1-14(2)10-3-5-15(6-4-10)12(16)9-7-11(13)17-8-9/h7-8,10H,3-6H2,1-2H3. The van der Waals surface area contributed by atoms with E-state index in [2.05, 4.69) is 41.6 Å². The van der Waals surface area contributed by atoms with Gasteiger partial charge in [-0.25, -0.2) is 0 Å². The second kappa shape index (κ2) is 5.67. The van der Waals surface area contributed by atoms with Crippen molar-refractivity contribution in [1.29, 1.82) is 0 Å². The van der Waals surface area contributed by atoms with Crippen molar-refractivity contribution >= 4 is 39.8 Å². The van der Waals surface area contributed by atoms with Crippen molar-refractivity contribution in [3.63, 3.8) is 0 Å². The van der Waals surface area contributed by atoms with E-state index in [1.165, 1.54) is 2.88 Å². The van der Waals surface area contributed by atoms with Crippen LogP contribution in [0.4, 0.5) is 0 Å². The zero-order valence-electron chi connectivity index (χ0n) is 10.1. The molecule has 1 aromatic rings. The van der Waals surface area contributed by atoms with Crippen LogP contribution in [0.2, 0.25) is 0 Å². The summed E-state index contributed by atoms with van der Waals surface area (Å²) >= 11 is 3.89. The van der Waals surface area contributed by atoms with E-state index in [-0.39, 0.29) is 5.91 Å². The smallest absolute Gasteiger partial charge is 0.254 e. The van der Waals surface area contributed by atoms with Gasteiger partial charge in [0.2, 0.25) is 0 Å². The molecule has 5 heteroatoms. The number of nitrogens with zero attached hydrogens (tertiary/aromatic N) is 2. The maximum absolute atomic E-state index is 12.2. The summed E-state index contributed by atoms with van der Waals surface area (Å²) in [6.45, 7) is 1.77. The molecule has 1 saturated heterocycles. The predicted molar refractivity (Wildman–Crippen MR) is 79.6 cm³/mol. The summed E-state index contributed by atoms with van der Waals surface area (Å²) in [6, 6.07) is 2.60. The number of hydrogen-bond acceptors (Lipinski definition) is 3. The molecule has 0 atom stereocenters. The number of amides is 1. The molecule has 1 aromatic heterocycles. The van der Waals surface area contributed by atoms with Crippen LogP contribution < -0.4 is 0 Å². The molecule has 0 unspecified atom stereocenters. The van der Waals surface area contributed by atoms with Gasteiger partial charge in [-0.3, -0.25) is 4.79 Å². The Morgan fingerprint density at radius 1 is 1.47 bits per heavy atom. The number of hydrogen-bond donors (Lipinski definition) is 0.